The van der Waals surface area contributed by atoms with Gasteiger partial charge in [-0.1, -0.05) is 48.1 Å². The summed E-state index contributed by atoms with van der Waals surface area (Å²) in [7, 11) is 0. The van der Waals surface area contributed by atoms with Crippen LogP contribution in [0.5, 0.6) is 0 Å². The lowest BCUT2D eigenvalue weighted by Gasteiger charge is -2.43. The molecule has 2 rings (SSSR count). The monoisotopic (exact) mass is 455 g/mol. The first kappa shape index (κ1) is 23.0. The number of alkyl halides is 3. The molecule has 2 atom stereocenters. The molecule has 1 amide bonds. The van der Waals surface area contributed by atoms with E-state index in [1.165, 1.54) is 4.57 Å². The number of hydrogen-bond acceptors (Lipinski definition) is 6. The van der Waals surface area contributed by atoms with E-state index in [0.29, 0.717) is 12.4 Å². The predicted octanol–water partition coefficient (Wildman–Crippen LogP) is 3.79. The molecule has 0 aromatic carbocycles. The fraction of sp³-hybridized carbons (Fsp3) is 0.750. The molecule has 1 aromatic rings. The average molecular weight is 457 g/mol. The van der Waals surface area contributed by atoms with Crippen LogP contribution in [-0.2, 0) is 11.3 Å². The number of carbonyl (C=O) groups is 1. The van der Waals surface area contributed by atoms with Gasteiger partial charge in [0.05, 0.1) is 0 Å². The molecule has 1 aliphatic heterocycles. The van der Waals surface area contributed by atoms with Gasteiger partial charge >= 0.3 is 11.9 Å². The molecule has 0 spiro atoms. The van der Waals surface area contributed by atoms with Gasteiger partial charge < -0.3 is 20.2 Å². The van der Waals surface area contributed by atoms with Crippen LogP contribution in [0.2, 0.25) is 0 Å². The highest BCUT2D eigenvalue weighted by molar-refractivity contribution is 6.68. The van der Waals surface area contributed by atoms with Crippen LogP contribution in [0.3, 0.4) is 0 Å². The van der Waals surface area contributed by atoms with Gasteiger partial charge in [-0.2, -0.15) is 0 Å². The molecule has 1 aliphatic rings. The molecule has 1 N–H and O–H groups in total. The Morgan fingerprint density at radius 2 is 2.21 bits per heavy atom. The van der Waals surface area contributed by atoms with E-state index in [9.17, 15) is 14.9 Å². The third-order valence-corrected chi connectivity index (χ3v) is 5.43. The van der Waals surface area contributed by atoms with Crippen molar-refractivity contribution >= 4 is 46.7 Å². The van der Waals surface area contributed by atoms with Crippen molar-refractivity contribution in [2.75, 3.05) is 13.2 Å². The number of hydrogen-bond donors (Lipinski definition) is 1. The molecule has 28 heavy (non-hydrogen) atoms. The molecule has 12 heteroatoms. The number of carbonyl (C=O) groups excluding carboxylic acids is 1. The average Bonchev–Trinajstić information content (AvgIpc) is 3.00. The van der Waals surface area contributed by atoms with Crippen LogP contribution < -0.4 is 5.32 Å². The summed E-state index contributed by atoms with van der Waals surface area (Å²) in [4.78, 5) is 28.6. The van der Waals surface area contributed by atoms with Gasteiger partial charge in [0, 0.05) is 19.5 Å². The van der Waals surface area contributed by atoms with Crippen LogP contribution in [0.4, 0.5) is 10.6 Å². The van der Waals surface area contributed by atoms with Crippen molar-refractivity contribution in [3.05, 3.63) is 22.1 Å². The van der Waals surface area contributed by atoms with Crippen LogP contribution >= 0.6 is 34.8 Å². The number of nitrogens with one attached hydrogen (secondary N) is 1. The first-order valence-electron chi connectivity index (χ1n) is 9.07. The lowest BCUT2D eigenvalue weighted by molar-refractivity contribution is -0.392. The van der Waals surface area contributed by atoms with Crippen LogP contribution in [0.25, 0.3) is 0 Å². The van der Waals surface area contributed by atoms with E-state index in [-0.39, 0.29) is 25.0 Å². The molecule has 0 unspecified atom stereocenters. The fourth-order valence-corrected chi connectivity index (χ4v) is 3.96. The van der Waals surface area contributed by atoms with Crippen LogP contribution in [0.1, 0.15) is 38.4 Å². The quantitative estimate of drug-likeness (QED) is 0.380. The summed E-state index contributed by atoms with van der Waals surface area (Å²) in [6, 6.07) is 0.200. The van der Waals surface area contributed by atoms with Crippen molar-refractivity contribution < 1.29 is 14.5 Å². The minimum Gasteiger partial charge on any atom is -0.445 e. The highest BCUT2D eigenvalue weighted by atomic mass is 35.6. The highest BCUT2D eigenvalue weighted by Crippen LogP contribution is 2.35. The van der Waals surface area contributed by atoms with E-state index in [2.05, 4.69) is 17.2 Å². The minimum atomic E-state index is -1.73. The Kier molecular flexibility index (Phi) is 8.18. The summed E-state index contributed by atoms with van der Waals surface area (Å²) >= 11 is 18.4. The maximum Gasteiger partial charge on any atom is 0.408 e. The molecular formula is C16H24Cl3N5O4. The lowest BCUT2D eigenvalue weighted by atomic mass is 9.99. The Hall–Kier alpha value is -1.29. The summed E-state index contributed by atoms with van der Waals surface area (Å²) < 4.78 is 4.79. The van der Waals surface area contributed by atoms with Crippen molar-refractivity contribution in [2.45, 2.75) is 62.1 Å². The Morgan fingerprint density at radius 3 is 2.82 bits per heavy atom. The Balaban J connectivity index is 1.97. The number of piperidine rings is 1. The zero-order valence-corrected chi connectivity index (χ0v) is 18.0. The minimum absolute atomic E-state index is 0.0896. The van der Waals surface area contributed by atoms with E-state index >= 15 is 0 Å². The number of rotatable bonds is 7. The van der Waals surface area contributed by atoms with Gasteiger partial charge in [-0.05, 0) is 24.2 Å². The van der Waals surface area contributed by atoms with Crippen molar-refractivity contribution in [2.24, 2.45) is 0 Å². The van der Waals surface area contributed by atoms with Crippen molar-refractivity contribution in [3.63, 3.8) is 0 Å². The standard InChI is InChI=1S/C16H24Cl3N5O4/c1-3-12-6-4-5-7-23(12)14(16(17,18)19)21-15(25)28-9-8-22-11(2)20-10-13(22)24(26)27/h10,12,14H,3-9H2,1-2H3,(H,21,25)/t12-,14-/m1/s1. The van der Waals surface area contributed by atoms with Gasteiger partial charge in [-0.3, -0.25) is 4.90 Å². The number of likely N-dealkylation sites (tertiary alicyclic amines) is 1. The zero-order chi connectivity index (χ0) is 20.9. The van der Waals surface area contributed by atoms with Gasteiger partial charge in [0.2, 0.25) is 3.79 Å². The zero-order valence-electron chi connectivity index (χ0n) is 15.7. The molecule has 0 saturated carbocycles. The molecule has 158 valence electrons. The van der Waals surface area contributed by atoms with Gasteiger partial charge in [-0.15, -0.1) is 0 Å². The third-order valence-electron chi connectivity index (χ3n) is 4.81. The summed E-state index contributed by atoms with van der Waals surface area (Å²) in [5.74, 6) is 0.286. The summed E-state index contributed by atoms with van der Waals surface area (Å²) in [5.41, 5.74) is 0. The second-order valence-corrected chi connectivity index (χ2v) is 8.96. The molecule has 9 nitrogen and oxygen atoms in total. The molecule has 0 bridgehead atoms. The number of imidazole rings is 1. The number of aryl methyl sites for hydroxylation is 1. The van der Waals surface area contributed by atoms with E-state index in [4.69, 9.17) is 39.5 Å². The van der Waals surface area contributed by atoms with Crippen molar-refractivity contribution in [1.82, 2.24) is 19.8 Å². The Morgan fingerprint density at radius 1 is 1.50 bits per heavy atom. The number of alkyl carbamates (subject to hydrolysis) is 1. The smallest absolute Gasteiger partial charge is 0.408 e. The summed E-state index contributed by atoms with van der Waals surface area (Å²) in [6.07, 6.45) is 3.46. The van der Waals surface area contributed by atoms with Crippen LogP contribution in [0.15, 0.2) is 6.20 Å². The Bertz CT molecular complexity index is 694. The first-order chi connectivity index (χ1) is 13.1. The van der Waals surface area contributed by atoms with Gasteiger partial charge in [0.15, 0.2) is 5.82 Å². The second kappa shape index (κ2) is 9.96. The van der Waals surface area contributed by atoms with E-state index in [0.717, 1.165) is 31.9 Å². The van der Waals surface area contributed by atoms with E-state index < -0.39 is 21.0 Å². The van der Waals surface area contributed by atoms with E-state index in [1.54, 1.807) is 6.92 Å². The third kappa shape index (κ3) is 5.85. The van der Waals surface area contributed by atoms with E-state index in [1.807, 2.05) is 4.90 Å². The summed E-state index contributed by atoms with van der Waals surface area (Å²) in [5, 5.41) is 13.6. The molecule has 2 heterocycles. The molecule has 0 aliphatic carbocycles. The normalized spacial score (nSPS) is 19.2. The number of nitrogens with zero attached hydrogens (tertiary/aromatic N) is 4. The second-order valence-electron chi connectivity index (χ2n) is 6.59. The number of halogens is 3. The maximum atomic E-state index is 12.3. The molecular weight excluding hydrogens is 433 g/mol. The number of amides is 1. The first-order valence-corrected chi connectivity index (χ1v) is 10.2. The van der Waals surface area contributed by atoms with Gasteiger partial charge in [0.25, 0.3) is 0 Å². The lowest BCUT2D eigenvalue weighted by Crippen LogP contribution is -2.59. The SMILES string of the molecule is CC[C@@H]1CCCCN1[C@@H](NC(=O)OCCn1c([N+](=O)[O-])cnc1C)C(Cl)(Cl)Cl. The molecule has 1 fully saturated rings. The molecule has 1 aromatic heterocycles. The number of aromatic nitrogens is 2. The number of ether oxygens (including phenoxy) is 1. The van der Waals surface area contributed by atoms with Crippen LogP contribution in [0, 0.1) is 17.0 Å². The van der Waals surface area contributed by atoms with Crippen LogP contribution in [-0.4, -0.2) is 54.6 Å². The maximum absolute atomic E-state index is 12.3. The van der Waals surface area contributed by atoms with Crippen molar-refractivity contribution in [3.8, 4) is 0 Å². The fourth-order valence-electron chi connectivity index (χ4n) is 3.42. The predicted molar refractivity (Wildman–Crippen MR) is 107 cm³/mol. The molecule has 1 saturated heterocycles. The van der Waals surface area contributed by atoms with Gasteiger partial charge in [0.1, 0.15) is 25.5 Å². The number of nitro groups is 1. The molecule has 0 radical (unpaired) electrons. The highest BCUT2D eigenvalue weighted by Gasteiger charge is 2.42. The summed E-state index contributed by atoms with van der Waals surface area (Å²) in [6.45, 7) is 4.39. The van der Waals surface area contributed by atoms with Crippen molar-refractivity contribution in [1.29, 1.82) is 0 Å². The Labute approximate surface area is 178 Å². The topological polar surface area (TPSA) is 103 Å². The largest absolute Gasteiger partial charge is 0.445 e. The van der Waals surface area contributed by atoms with Gasteiger partial charge in [-0.25, -0.2) is 14.3 Å².